The predicted octanol–water partition coefficient (Wildman–Crippen LogP) is 4.04. The van der Waals surface area contributed by atoms with E-state index in [1.807, 2.05) is 12.1 Å². The molecule has 0 atom stereocenters. The van der Waals surface area contributed by atoms with Gasteiger partial charge in [-0.1, -0.05) is 6.07 Å². The third kappa shape index (κ3) is 2.18. The summed E-state index contributed by atoms with van der Waals surface area (Å²) in [5.41, 5.74) is 1.75. The lowest BCUT2D eigenvalue weighted by atomic mass is 10.4. The third-order valence-electron chi connectivity index (χ3n) is 2.64. The van der Waals surface area contributed by atoms with Crippen LogP contribution in [0.1, 0.15) is 10.7 Å². The molecule has 92 valence electrons. The number of nitrogens with zero attached hydrogens (tertiary/aromatic N) is 3. The van der Waals surface area contributed by atoms with Crippen molar-refractivity contribution in [2.75, 3.05) is 0 Å². The molecular formula is C12H9BrClN3S. The molecule has 0 saturated heterocycles. The molecule has 0 aliphatic rings. The molecule has 0 N–H and O–H groups in total. The summed E-state index contributed by atoms with van der Waals surface area (Å²) in [6.07, 6.45) is 1.78. The molecule has 3 aromatic rings. The molecule has 0 amide bonds. The molecule has 3 rings (SSSR count). The van der Waals surface area contributed by atoms with E-state index in [1.54, 1.807) is 17.5 Å². The Morgan fingerprint density at radius 1 is 1.44 bits per heavy atom. The summed E-state index contributed by atoms with van der Waals surface area (Å²) in [7, 11) is 0. The molecule has 3 nitrogen and oxygen atoms in total. The van der Waals surface area contributed by atoms with Crippen molar-refractivity contribution in [3.8, 4) is 0 Å². The van der Waals surface area contributed by atoms with Crippen molar-refractivity contribution in [3.05, 3.63) is 45.0 Å². The van der Waals surface area contributed by atoms with E-state index in [9.17, 15) is 0 Å². The summed E-state index contributed by atoms with van der Waals surface area (Å²) in [5, 5.41) is 2.07. The Kier molecular flexibility index (Phi) is 3.37. The second kappa shape index (κ2) is 4.99. The number of rotatable bonds is 3. The first kappa shape index (κ1) is 12.1. The van der Waals surface area contributed by atoms with Crippen molar-refractivity contribution in [2.45, 2.75) is 12.4 Å². The highest BCUT2D eigenvalue weighted by Crippen LogP contribution is 2.21. The number of aromatic nitrogens is 3. The second-order valence-electron chi connectivity index (χ2n) is 3.82. The highest BCUT2D eigenvalue weighted by atomic mass is 79.9. The lowest BCUT2D eigenvalue weighted by molar-refractivity contribution is 0.780. The molecule has 6 heteroatoms. The van der Waals surface area contributed by atoms with Crippen LogP contribution >= 0.6 is 38.9 Å². The monoisotopic (exact) mass is 341 g/mol. The summed E-state index contributed by atoms with van der Waals surface area (Å²) in [4.78, 5) is 10.2. The van der Waals surface area contributed by atoms with Gasteiger partial charge >= 0.3 is 0 Å². The molecule has 3 heterocycles. The fourth-order valence-electron chi connectivity index (χ4n) is 1.86. The van der Waals surface area contributed by atoms with E-state index >= 15 is 0 Å². The van der Waals surface area contributed by atoms with Gasteiger partial charge < -0.3 is 4.57 Å². The van der Waals surface area contributed by atoms with Crippen molar-refractivity contribution in [2.24, 2.45) is 0 Å². The van der Waals surface area contributed by atoms with E-state index in [-0.39, 0.29) is 0 Å². The fourth-order valence-corrected chi connectivity index (χ4v) is 3.08. The van der Waals surface area contributed by atoms with Crippen molar-refractivity contribution in [1.82, 2.24) is 14.5 Å². The maximum absolute atomic E-state index is 5.96. The Morgan fingerprint density at radius 3 is 3.06 bits per heavy atom. The Morgan fingerprint density at radius 2 is 2.33 bits per heavy atom. The lowest BCUT2D eigenvalue weighted by Crippen LogP contribution is -2.03. The van der Waals surface area contributed by atoms with Gasteiger partial charge in [-0.2, -0.15) is 0 Å². The average molecular weight is 343 g/mol. The summed E-state index contributed by atoms with van der Waals surface area (Å²) in [6.45, 7) is 0.769. The van der Waals surface area contributed by atoms with Gasteiger partial charge in [0, 0.05) is 15.5 Å². The first-order valence-corrected chi connectivity index (χ1v) is 7.57. The van der Waals surface area contributed by atoms with Crippen molar-refractivity contribution in [1.29, 1.82) is 0 Å². The minimum Gasteiger partial charge on any atom is -0.306 e. The molecule has 0 aliphatic heterocycles. The minimum absolute atomic E-state index is 0.388. The first-order valence-electron chi connectivity index (χ1n) is 5.37. The largest absolute Gasteiger partial charge is 0.306 e. The number of hydrogen-bond donors (Lipinski definition) is 0. The smallest absolute Gasteiger partial charge is 0.160 e. The van der Waals surface area contributed by atoms with E-state index in [4.69, 9.17) is 11.6 Å². The zero-order chi connectivity index (χ0) is 12.5. The molecule has 3 aromatic heterocycles. The van der Waals surface area contributed by atoms with Crippen LogP contribution in [0.25, 0.3) is 11.2 Å². The maximum Gasteiger partial charge on any atom is 0.160 e. The van der Waals surface area contributed by atoms with Crippen LogP contribution in [0.5, 0.6) is 0 Å². The molecule has 0 saturated carbocycles. The van der Waals surface area contributed by atoms with Gasteiger partial charge in [0.25, 0.3) is 0 Å². The Labute approximate surface area is 122 Å². The molecule has 0 aromatic carbocycles. The Hall–Kier alpha value is -0.910. The molecule has 0 spiro atoms. The number of halogens is 2. The average Bonchev–Trinajstić information content (AvgIpc) is 2.97. The van der Waals surface area contributed by atoms with Crippen LogP contribution < -0.4 is 0 Å². The van der Waals surface area contributed by atoms with Crippen LogP contribution in [0.3, 0.4) is 0 Å². The third-order valence-corrected chi connectivity index (χ3v) is 4.18. The number of thiophene rings is 1. The first-order chi connectivity index (χ1) is 8.78. The summed E-state index contributed by atoms with van der Waals surface area (Å²) in [6, 6.07) is 6.11. The standard InChI is InChI=1S/C12H9BrClN3S/c13-8-4-10-12(15-6-8)17(11(5-14)16-10)7-9-2-1-3-18-9/h1-4,6H,5,7H2. The quantitative estimate of drug-likeness (QED) is 0.673. The number of pyridine rings is 1. The minimum atomic E-state index is 0.388. The second-order valence-corrected chi connectivity index (χ2v) is 6.04. The SMILES string of the molecule is ClCc1nc2cc(Br)cnc2n1Cc1cccs1. The number of imidazole rings is 1. The topological polar surface area (TPSA) is 30.7 Å². The summed E-state index contributed by atoms with van der Waals surface area (Å²) >= 11 is 11.1. The van der Waals surface area contributed by atoms with Gasteiger partial charge in [0.05, 0.1) is 12.4 Å². The van der Waals surface area contributed by atoms with Crippen molar-refractivity contribution in [3.63, 3.8) is 0 Å². The van der Waals surface area contributed by atoms with E-state index < -0.39 is 0 Å². The molecule has 0 unspecified atom stereocenters. The molecule has 0 radical (unpaired) electrons. The van der Waals surface area contributed by atoms with E-state index in [0.29, 0.717) is 5.88 Å². The van der Waals surface area contributed by atoms with E-state index in [2.05, 4.69) is 41.9 Å². The summed E-state index contributed by atoms with van der Waals surface area (Å²) in [5.74, 6) is 1.24. The van der Waals surface area contributed by atoms with Crippen molar-refractivity contribution < 1.29 is 0 Å². The number of hydrogen-bond acceptors (Lipinski definition) is 3. The number of alkyl halides is 1. The van der Waals surface area contributed by atoms with Gasteiger partial charge in [0.15, 0.2) is 5.65 Å². The van der Waals surface area contributed by atoms with Gasteiger partial charge in [-0.3, -0.25) is 0 Å². The highest BCUT2D eigenvalue weighted by Gasteiger charge is 2.12. The van der Waals surface area contributed by atoms with Crippen LogP contribution in [0.15, 0.2) is 34.2 Å². The lowest BCUT2D eigenvalue weighted by Gasteiger charge is -2.04. The maximum atomic E-state index is 5.96. The van der Waals surface area contributed by atoms with Gasteiger partial charge in [0.2, 0.25) is 0 Å². The molecule has 0 fully saturated rings. The molecule has 18 heavy (non-hydrogen) atoms. The Balaban J connectivity index is 2.13. The van der Waals surface area contributed by atoms with Gasteiger partial charge in [-0.15, -0.1) is 22.9 Å². The fraction of sp³-hybridized carbons (Fsp3) is 0.167. The van der Waals surface area contributed by atoms with Gasteiger partial charge in [0.1, 0.15) is 11.3 Å². The zero-order valence-electron chi connectivity index (χ0n) is 9.31. The number of fused-ring (bicyclic) bond motifs is 1. The van der Waals surface area contributed by atoms with Crippen molar-refractivity contribution >= 4 is 50.0 Å². The van der Waals surface area contributed by atoms with Crippen LogP contribution in [-0.4, -0.2) is 14.5 Å². The molecular weight excluding hydrogens is 334 g/mol. The predicted molar refractivity (Wildman–Crippen MR) is 78.2 cm³/mol. The Bertz CT molecular complexity index is 678. The molecule has 0 aliphatic carbocycles. The van der Waals surface area contributed by atoms with Gasteiger partial charge in [-0.25, -0.2) is 9.97 Å². The highest BCUT2D eigenvalue weighted by molar-refractivity contribution is 9.10. The zero-order valence-corrected chi connectivity index (χ0v) is 12.5. The van der Waals surface area contributed by atoms with Gasteiger partial charge in [-0.05, 0) is 33.4 Å². The van der Waals surface area contributed by atoms with E-state index in [0.717, 1.165) is 28.0 Å². The van der Waals surface area contributed by atoms with Crippen LogP contribution in [0.2, 0.25) is 0 Å². The normalized spacial score (nSPS) is 11.2. The van der Waals surface area contributed by atoms with Crippen LogP contribution in [-0.2, 0) is 12.4 Å². The summed E-state index contributed by atoms with van der Waals surface area (Å²) < 4.78 is 3.00. The molecule has 0 bridgehead atoms. The van der Waals surface area contributed by atoms with Crippen LogP contribution in [0, 0.1) is 0 Å². The van der Waals surface area contributed by atoms with Crippen LogP contribution in [0.4, 0.5) is 0 Å². The van der Waals surface area contributed by atoms with E-state index in [1.165, 1.54) is 4.88 Å².